The number of carbonyl (C=O) groups excluding carboxylic acids is 1. The van der Waals surface area contributed by atoms with Gasteiger partial charge in [0, 0.05) is 4.47 Å². The van der Waals surface area contributed by atoms with Gasteiger partial charge >= 0.3 is 0 Å². The maximum absolute atomic E-state index is 13.4. The molecular formula is C20H12BrN3O3S. The molecule has 0 saturated heterocycles. The molecule has 6 nitrogen and oxygen atoms in total. The number of aromatic nitrogens is 2. The highest BCUT2D eigenvalue weighted by Crippen LogP contribution is 2.41. The zero-order valence-corrected chi connectivity index (χ0v) is 17.0. The van der Waals surface area contributed by atoms with Gasteiger partial charge in [0.2, 0.25) is 10.9 Å². The molecule has 2 aromatic carbocycles. The second kappa shape index (κ2) is 6.35. The summed E-state index contributed by atoms with van der Waals surface area (Å²) >= 11 is 4.66. The van der Waals surface area contributed by atoms with Crippen molar-refractivity contribution in [1.29, 1.82) is 0 Å². The monoisotopic (exact) mass is 453 g/mol. The third-order valence-electron chi connectivity index (χ3n) is 4.77. The molecule has 138 valence electrons. The minimum Gasteiger partial charge on any atom is -0.450 e. The molecule has 0 fully saturated rings. The van der Waals surface area contributed by atoms with Crippen LogP contribution in [0.15, 0.2) is 61.7 Å². The number of aryl methyl sites for hydroxylation is 1. The maximum Gasteiger partial charge on any atom is 0.297 e. The zero-order valence-electron chi connectivity index (χ0n) is 14.5. The molecule has 0 unspecified atom stereocenters. The molecule has 28 heavy (non-hydrogen) atoms. The molecule has 4 aromatic rings. The van der Waals surface area contributed by atoms with Crippen molar-refractivity contribution in [3.05, 3.63) is 85.1 Å². The fourth-order valence-corrected chi connectivity index (χ4v) is 4.37. The van der Waals surface area contributed by atoms with Gasteiger partial charge in [-0.1, -0.05) is 51.0 Å². The molecular weight excluding hydrogens is 442 g/mol. The summed E-state index contributed by atoms with van der Waals surface area (Å²) in [5.41, 5.74) is 3.83. The molecule has 1 atom stereocenters. The fraction of sp³-hybridized carbons (Fsp3) is 0.100. The van der Waals surface area contributed by atoms with E-state index in [4.69, 9.17) is 4.42 Å². The van der Waals surface area contributed by atoms with Crippen LogP contribution in [-0.2, 0) is 0 Å². The normalized spacial score (nSPS) is 16.0. The third kappa shape index (κ3) is 2.52. The van der Waals surface area contributed by atoms with Crippen LogP contribution in [0.25, 0.3) is 11.0 Å². The zero-order chi connectivity index (χ0) is 19.4. The number of amides is 1. The van der Waals surface area contributed by atoms with E-state index in [9.17, 15) is 9.59 Å². The molecule has 5 rings (SSSR count). The van der Waals surface area contributed by atoms with Crippen molar-refractivity contribution in [2.75, 3.05) is 4.90 Å². The number of carbonyl (C=O) groups is 1. The maximum atomic E-state index is 13.4. The Bertz CT molecular complexity index is 1280. The Morgan fingerprint density at radius 1 is 1.14 bits per heavy atom. The molecule has 1 aliphatic heterocycles. The summed E-state index contributed by atoms with van der Waals surface area (Å²) in [6.45, 7) is 1.91. The van der Waals surface area contributed by atoms with Gasteiger partial charge in [-0.2, -0.15) is 0 Å². The van der Waals surface area contributed by atoms with Gasteiger partial charge in [-0.3, -0.25) is 14.5 Å². The topological polar surface area (TPSA) is 76.3 Å². The van der Waals surface area contributed by atoms with Gasteiger partial charge in [0.25, 0.3) is 5.91 Å². The number of anilines is 1. The summed E-state index contributed by atoms with van der Waals surface area (Å²) in [6, 6.07) is 12.3. The first-order valence-electron chi connectivity index (χ1n) is 8.47. The van der Waals surface area contributed by atoms with E-state index in [1.54, 1.807) is 17.6 Å². The number of fused-ring (bicyclic) bond motifs is 2. The fourth-order valence-electron chi connectivity index (χ4n) is 3.52. The van der Waals surface area contributed by atoms with Crippen LogP contribution in [0.5, 0.6) is 0 Å². The number of rotatable bonds is 2. The molecule has 0 N–H and O–H groups in total. The molecule has 0 spiro atoms. The average molecular weight is 454 g/mol. The van der Waals surface area contributed by atoms with Crippen LogP contribution in [0, 0.1) is 6.92 Å². The molecule has 3 heterocycles. The van der Waals surface area contributed by atoms with Crippen molar-refractivity contribution >= 4 is 49.3 Å². The van der Waals surface area contributed by atoms with Gasteiger partial charge in [0.15, 0.2) is 5.43 Å². The Hall–Kier alpha value is -2.84. The molecule has 1 amide bonds. The van der Waals surface area contributed by atoms with Crippen LogP contribution in [-0.4, -0.2) is 16.1 Å². The summed E-state index contributed by atoms with van der Waals surface area (Å²) in [6.07, 6.45) is 0. The van der Waals surface area contributed by atoms with Gasteiger partial charge < -0.3 is 4.42 Å². The molecule has 0 radical (unpaired) electrons. The van der Waals surface area contributed by atoms with E-state index in [2.05, 4.69) is 26.1 Å². The third-order valence-corrected chi connectivity index (χ3v) is 5.98. The first-order valence-corrected chi connectivity index (χ1v) is 10.1. The summed E-state index contributed by atoms with van der Waals surface area (Å²) in [4.78, 5) is 28.1. The SMILES string of the molecule is Cc1ccc2oc3c(c(=O)c2c1)[C@H](c1ccc(Br)cc1)N(c1nncs1)C3=O. The average Bonchev–Trinajstić information content (AvgIpc) is 3.30. The quantitative estimate of drug-likeness (QED) is 0.447. The lowest BCUT2D eigenvalue weighted by Gasteiger charge is -2.22. The van der Waals surface area contributed by atoms with Crippen molar-refractivity contribution in [1.82, 2.24) is 10.2 Å². The number of hydrogen-bond acceptors (Lipinski definition) is 6. The first kappa shape index (κ1) is 17.3. The van der Waals surface area contributed by atoms with Gasteiger partial charge in [-0.05, 0) is 36.8 Å². The first-order chi connectivity index (χ1) is 13.5. The van der Waals surface area contributed by atoms with Crippen LogP contribution in [0.4, 0.5) is 5.13 Å². The highest BCUT2D eigenvalue weighted by Gasteiger charge is 2.44. The summed E-state index contributed by atoms with van der Waals surface area (Å²) in [7, 11) is 0. The van der Waals surface area contributed by atoms with Crippen LogP contribution in [0.2, 0.25) is 0 Å². The molecule has 0 bridgehead atoms. The molecule has 2 aromatic heterocycles. The van der Waals surface area contributed by atoms with Crippen molar-refractivity contribution in [3.63, 3.8) is 0 Å². The Labute approximate surface area is 171 Å². The van der Waals surface area contributed by atoms with Crippen molar-refractivity contribution < 1.29 is 9.21 Å². The Morgan fingerprint density at radius 2 is 1.93 bits per heavy atom. The smallest absolute Gasteiger partial charge is 0.297 e. The summed E-state index contributed by atoms with van der Waals surface area (Å²) in [5.74, 6) is -0.330. The van der Waals surface area contributed by atoms with Gasteiger partial charge in [0.05, 0.1) is 17.0 Å². The lowest BCUT2D eigenvalue weighted by Crippen LogP contribution is -2.29. The van der Waals surface area contributed by atoms with E-state index in [0.717, 1.165) is 15.6 Å². The van der Waals surface area contributed by atoms with Crippen LogP contribution in [0.1, 0.15) is 33.3 Å². The van der Waals surface area contributed by atoms with Crippen molar-refractivity contribution in [2.45, 2.75) is 13.0 Å². The van der Waals surface area contributed by atoms with Crippen LogP contribution >= 0.6 is 27.3 Å². The van der Waals surface area contributed by atoms with Crippen LogP contribution < -0.4 is 10.3 Å². The minimum atomic E-state index is -0.621. The van der Waals surface area contributed by atoms with E-state index in [-0.39, 0.29) is 17.1 Å². The second-order valence-electron chi connectivity index (χ2n) is 6.52. The van der Waals surface area contributed by atoms with Crippen LogP contribution in [0.3, 0.4) is 0 Å². The van der Waals surface area contributed by atoms with E-state index >= 15 is 0 Å². The molecule has 1 aliphatic rings. The predicted molar refractivity (Wildman–Crippen MR) is 110 cm³/mol. The largest absolute Gasteiger partial charge is 0.450 e. The van der Waals surface area contributed by atoms with E-state index in [0.29, 0.717) is 21.7 Å². The number of hydrogen-bond donors (Lipinski definition) is 0. The molecule has 0 aliphatic carbocycles. The number of halogens is 1. The highest BCUT2D eigenvalue weighted by atomic mass is 79.9. The Morgan fingerprint density at radius 3 is 2.64 bits per heavy atom. The Balaban J connectivity index is 1.83. The van der Waals surface area contributed by atoms with Gasteiger partial charge in [0.1, 0.15) is 11.1 Å². The van der Waals surface area contributed by atoms with E-state index in [1.165, 1.54) is 16.2 Å². The number of nitrogens with zero attached hydrogens (tertiary/aromatic N) is 3. The van der Waals surface area contributed by atoms with Crippen molar-refractivity contribution in [2.24, 2.45) is 0 Å². The summed E-state index contributed by atoms with van der Waals surface area (Å²) in [5, 5.41) is 8.80. The molecule has 8 heteroatoms. The van der Waals surface area contributed by atoms with Gasteiger partial charge in [-0.25, -0.2) is 0 Å². The van der Waals surface area contributed by atoms with E-state index in [1.807, 2.05) is 37.3 Å². The minimum absolute atomic E-state index is 0.0597. The highest BCUT2D eigenvalue weighted by molar-refractivity contribution is 9.10. The lowest BCUT2D eigenvalue weighted by atomic mass is 9.98. The standard InChI is InChI=1S/C20H12BrN3O3S/c1-10-2-7-14-13(8-10)17(25)15-16(11-3-5-12(21)6-4-11)24(19(26)18(15)27-14)20-23-22-9-28-20/h2-9,16H,1H3/t16-/m0/s1. The van der Waals surface area contributed by atoms with Crippen molar-refractivity contribution in [3.8, 4) is 0 Å². The summed E-state index contributed by atoms with van der Waals surface area (Å²) < 4.78 is 6.82. The predicted octanol–water partition coefficient (Wildman–Crippen LogP) is 4.47. The Kier molecular flexibility index (Phi) is 3.92. The second-order valence-corrected chi connectivity index (χ2v) is 8.25. The van der Waals surface area contributed by atoms with Gasteiger partial charge in [-0.15, -0.1) is 10.2 Å². The van der Waals surface area contributed by atoms with E-state index < -0.39 is 6.04 Å². The molecule has 0 saturated carbocycles. The number of benzene rings is 2. The lowest BCUT2D eigenvalue weighted by molar-refractivity contribution is 0.0970.